The predicted octanol–water partition coefficient (Wildman–Crippen LogP) is 2.58. The second kappa shape index (κ2) is 6.89. The molecule has 1 amide bonds. The molecular weight excluding hydrogens is 348 g/mol. The summed E-state index contributed by atoms with van der Waals surface area (Å²) < 4.78 is 1.93. The molecule has 0 aliphatic heterocycles. The number of aromatic nitrogens is 3. The van der Waals surface area contributed by atoms with Crippen molar-refractivity contribution in [3.8, 4) is 0 Å². The fourth-order valence-electron chi connectivity index (χ4n) is 2.73. The molecule has 0 aliphatic rings. The minimum atomic E-state index is -0.490. The van der Waals surface area contributed by atoms with Crippen LogP contribution in [0.5, 0.6) is 0 Å². The molecule has 0 fully saturated rings. The molecule has 0 saturated carbocycles. The van der Waals surface area contributed by atoms with Crippen molar-refractivity contribution in [2.45, 2.75) is 6.54 Å². The number of aromatic amines is 1. The first kappa shape index (κ1) is 16.2. The molecule has 1 N–H and O–H groups in total. The van der Waals surface area contributed by atoms with Crippen LogP contribution in [0.2, 0.25) is 0 Å². The molecule has 26 heavy (non-hydrogen) atoms. The molecule has 6 nitrogen and oxygen atoms in total. The second-order valence-electron chi connectivity index (χ2n) is 5.68. The average Bonchev–Trinajstić information content (AvgIpc) is 3.09. The van der Waals surface area contributed by atoms with Crippen molar-refractivity contribution in [1.82, 2.24) is 14.8 Å². The van der Waals surface area contributed by atoms with Gasteiger partial charge in [-0.3, -0.25) is 9.59 Å². The lowest BCUT2D eigenvalue weighted by atomic mass is 10.0. The van der Waals surface area contributed by atoms with Crippen LogP contribution in [0.25, 0.3) is 10.8 Å². The van der Waals surface area contributed by atoms with Gasteiger partial charge in [0.1, 0.15) is 0 Å². The molecule has 2 heterocycles. The van der Waals surface area contributed by atoms with E-state index in [0.29, 0.717) is 11.3 Å². The molecular formula is C19H14N4O2S. The minimum absolute atomic E-state index is 0.106. The highest BCUT2D eigenvalue weighted by Gasteiger charge is 2.08. The van der Waals surface area contributed by atoms with Gasteiger partial charge < -0.3 is 4.57 Å². The van der Waals surface area contributed by atoms with Gasteiger partial charge in [0.25, 0.3) is 11.5 Å². The van der Waals surface area contributed by atoms with Crippen molar-refractivity contribution in [3.05, 3.63) is 92.6 Å². The smallest absolute Gasteiger partial charge is 0.300 e. The summed E-state index contributed by atoms with van der Waals surface area (Å²) in [6.07, 6.45) is 1.90. The van der Waals surface area contributed by atoms with Gasteiger partial charge in [-0.15, -0.1) is 11.3 Å². The number of nitrogens with one attached hydrogen (secondary N) is 1. The third-order valence-electron chi connectivity index (χ3n) is 3.98. The summed E-state index contributed by atoms with van der Waals surface area (Å²) in [5.74, 6) is -0.490. The van der Waals surface area contributed by atoms with E-state index in [2.05, 4.69) is 39.5 Å². The summed E-state index contributed by atoms with van der Waals surface area (Å²) in [6, 6.07) is 17.0. The lowest BCUT2D eigenvalue weighted by Gasteiger charge is -2.07. The SMILES string of the molecule is O=C(N=c1sccn1Cc1cccc2ccccc12)c1ccc(=O)[nH]n1. The normalized spacial score (nSPS) is 11.8. The van der Waals surface area contributed by atoms with Gasteiger partial charge in [0, 0.05) is 17.6 Å². The van der Waals surface area contributed by atoms with Crippen molar-refractivity contribution in [1.29, 1.82) is 0 Å². The number of carbonyl (C=O) groups excluding carboxylic acids is 1. The van der Waals surface area contributed by atoms with Gasteiger partial charge >= 0.3 is 0 Å². The van der Waals surface area contributed by atoms with Crippen LogP contribution < -0.4 is 10.4 Å². The fourth-order valence-corrected chi connectivity index (χ4v) is 3.45. The first-order chi connectivity index (χ1) is 12.7. The summed E-state index contributed by atoms with van der Waals surface area (Å²) in [5, 5.41) is 10.2. The van der Waals surface area contributed by atoms with Gasteiger partial charge in [0.15, 0.2) is 10.5 Å². The summed E-state index contributed by atoms with van der Waals surface area (Å²) in [6.45, 7) is 0.607. The van der Waals surface area contributed by atoms with Crippen LogP contribution in [0.1, 0.15) is 16.1 Å². The zero-order valence-corrected chi connectivity index (χ0v) is 14.4. The van der Waals surface area contributed by atoms with E-state index in [1.165, 1.54) is 34.2 Å². The first-order valence-corrected chi connectivity index (χ1v) is 8.84. The van der Waals surface area contributed by atoms with Crippen LogP contribution in [0.3, 0.4) is 0 Å². The number of fused-ring (bicyclic) bond motifs is 1. The zero-order chi connectivity index (χ0) is 17.9. The molecule has 0 aliphatic carbocycles. The Kier molecular flexibility index (Phi) is 4.28. The lowest BCUT2D eigenvalue weighted by molar-refractivity contribution is 0.0992. The zero-order valence-electron chi connectivity index (χ0n) is 13.6. The van der Waals surface area contributed by atoms with E-state index in [1.54, 1.807) is 0 Å². The maximum absolute atomic E-state index is 12.3. The van der Waals surface area contributed by atoms with Crippen LogP contribution in [-0.4, -0.2) is 20.7 Å². The van der Waals surface area contributed by atoms with Crippen LogP contribution in [-0.2, 0) is 6.54 Å². The molecule has 0 unspecified atom stereocenters. The number of amides is 1. The third kappa shape index (κ3) is 3.25. The Morgan fingerprint density at radius 2 is 1.96 bits per heavy atom. The van der Waals surface area contributed by atoms with Crippen LogP contribution in [0.15, 0.2) is 76.0 Å². The molecule has 2 aromatic heterocycles. The van der Waals surface area contributed by atoms with Crippen LogP contribution >= 0.6 is 11.3 Å². The number of benzene rings is 2. The summed E-state index contributed by atoms with van der Waals surface area (Å²) in [5.41, 5.74) is 0.899. The quantitative estimate of drug-likeness (QED) is 0.608. The average molecular weight is 362 g/mol. The highest BCUT2D eigenvalue weighted by molar-refractivity contribution is 7.07. The van der Waals surface area contributed by atoms with E-state index in [4.69, 9.17) is 0 Å². The van der Waals surface area contributed by atoms with E-state index in [0.717, 1.165) is 5.56 Å². The Balaban J connectivity index is 1.69. The van der Waals surface area contributed by atoms with E-state index in [-0.39, 0.29) is 11.3 Å². The number of rotatable bonds is 3. The van der Waals surface area contributed by atoms with Crippen molar-refractivity contribution in [3.63, 3.8) is 0 Å². The molecule has 0 bridgehead atoms. The number of nitrogens with zero attached hydrogens (tertiary/aromatic N) is 3. The Morgan fingerprint density at radius 1 is 1.12 bits per heavy atom. The highest BCUT2D eigenvalue weighted by atomic mass is 32.1. The molecule has 0 atom stereocenters. The largest absolute Gasteiger partial charge is 0.319 e. The van der Waals surface area contributed by atoms with Gasteiger partial charge in [-0.1, -0.05) is 42.5 Å². The number of carbonyl (C=O) groups is 1. The van der Waals surface area contributed by atoms with E-state index >= 15 is 0 Å². The predicted molar refractivity (Wildman–Crippen MR) is 100 cm³/mol. The number of thiazole rings is 1. The van der Waals surface area contributed by atoms with Crippen molar-refractivity contribution >= 4 is 28.0 Å². The van der Waals surface area contributed by atoms with Crippen molar-refractivity contribution in [2.24, 2.45) is 4.99 Å². The molecule has 0 radical (unpaired) electrons. The van der Waals surface area contributed by atoms with Crippen LogP contribution in [0.4, 0.5) is 0 Å². The fraction of sp³-hybridized carbons (Fsp3) is 0.0526. The Labute approximate surface area is 152 Å². The summed E-state index contributed by atoms with van der Waals surface area (Å²) in [4.78, 5) is 28.1. The molecule has 128 valence electrons. The topological polar surface area (TPSA) is 80.1 Å². The summed E-state index contributed by atoms with van der Waals surface area (Å²) >= 11 is 1.38. The first-order valence-electron chi connectivity index (χ1n) is 7.96. The molecule has 0 spiro atoms. The molecule has 4 aromatic rings. The van der Waals surface area contributed by atoms with Gasteiger partial charge in [-0.2, -0.15) is 10.1 Å². The number of hydrogen-bond donors (Lipinski definition) is 1. The van der Waals surface area contributed by atoms with E-state index in [9.17, 15) is 9.59 Å². The monoisotopic (exact) mass is 362 g/mol. The maximum Gasteiger partial charge on any atom is 0.300 e. The third-order valence-corrected chi connectivity index (χ3v) is 4.77. The maximum atomic E-state index is 12.3. The highest BCUT2D eigenvalue weighted by Crippen LogP contribution is 2.19. The van der Waals surface area contributed by atoms with E-state index in [1.807, 2.05) is 34.3 Å². The van der Waals surface area contributed by atoms with E-state index < -0.39 is 5.91 Å². The molecule has 0 saturated heterocycles. The minimum Gasteiger partial charge on any atom is -0.319 e. The van der Waals surface area contributed by atoms with Gasteiger partial charge in [-0.25, -0.2) is 5.10 Å². The van der Waals surface area contributed by atoms with Gasteiger partial charge in [-0.05, 0) is 22.4 Å². The van der Waals surface area contributed by atoms with Crippen molar-refractivity contribution in [2.75, 3.05) is 0 Å². The Morgan fingerprint density at radius 3 is 2.81 bits per heavy atom. The summed E-state index contributed by atoms with van der Waals surface area (Å²) in [7, 11) is 0. The Hall–Kier alpha value is -3.32. The second-order valence-corrected chi connectivity index (χ2v) is 6.55. The molecule has 2 aromatic carbocycles. The van der Waals surface area contributed by atoms with Crippen LogP contribution in [0, 0.1) is 0 Å². The standard InChI is InChI=1S/C19H14N4O2S/c24-17-9-8-16(21-22-17)18(25)20-19-23(10-11-26-19)12-14-6-3-5-13-4-1-2-7-15(13)14/h1-11H,12H2,(H,22,24). The number of H-pyrrole nitrogens is 1. The number of hydrogen-bond acceptors (Lipinski definition) is 4. The van der Waals surface area contributed by atoms with Crippen molar-refractivity contribution < 1.29 is 4.79 Å². The molecule has 4 rings (SSSR count). The lowest BCUT2D eigenvalue weighted by Crippen LogP contribution is -2.18. The van der Waals surface area contributed by atoms with Gasteiger partial charge in [0.2, 0.25) is 0 Å². The molecule has 7 heteroatoms. The van der Waals surface area contributed by atoms with Gasteiger partial charge in [0.05, 0.1) is 6.54 Å². The Bertz CT molecular complexity index is 1190.